The van der Waals surface area contributed by atoms with Gasteiger partial charge in [-0.25, -0.2) is 0 Å². The van der Waals surface area contributed by atoms with Gasteiger partial charge in [0.25, 0.3) is 0 Å². The summed E-state index contributed by atoms with van der Waals surface area (Å²) < 4.78 is 0. The number of aromatic hydroxyl groups is 1. The van der Waals surface area contributed by atoms with Gasteiger partial charge in [-0.05, 0) is 42.7 Å². The molecule has 3 nitrogen and oxygen atoms in total. The molecule has 104 valence electrons. The molecule has 0 saturated carbocycles. The first-order valence-corrected chi connectivity index (χ1v) is 6.77. The Hall–Kier alpha value is -2.00. The van der Waals surface area contributed by atoms with Gasteiger partial charge in [0.05, 0.1) is 0 Å². The van der Waals surface area contributed by atoms with Gasteiger partial charge in [-0.1, -0.05) is 35.9 Å². The van der Waals surface area contributed by atoms with Crippen LogP contribution in [0.2, 0.25) is 5.02 Å². The SMILES string of the molecule is Cc1ccc(NC(=O)CCc2ccccc2O)cc1Cl. The van der Waals surface area contributed by atoms with Crippen molar-refractivity contribution in [3.63, 3.8) is 0 Å². The summed E-state index contributed by atoms with van der Waals surface area (Å²) in [6, 6.07) is 12.4. The van der Waals surface area contributed by atoms with Crippen molar-refractivity contribution >= 4 is 23.2 Å². The molecule has 0 bridgehead atoms. The van der Waals surface area contributed by atoms with Crippen molar-refractivity contribution in [3.05, 3.63) is 58.6 Å². The standard InChI is InChI=1S/C16H16ClNO2/c1-11-6-8-13(10-14(11)17)18-16(20)9-7-12-4-2-3-5-15(12)19/h2-6,8,10,19H,7,9H2,1H3,(H,18,20). The van der Waals surface area contributed by atoms with Crippen LogP contribution >= 0.6 is 11.6 Å². The van der Waals surface area contributed by atoms with E-state index in [2.05, 4.69) is 5.32 Å². The number of aryl methyl sites for hydroxylation is 2. The second-order valence-electron chi connectivity index (χ2n) is 4.64. The molecule has 20 heavy (non-hydrogen) atoms. The number of nitrogens with one attached hydrogen (secondary N) is 1. The first kappa shape index (κ1) is 14.4. The summed E-state index contributed by atoms with van der Waals surface area (Å²) in [5.41, 5.74) is 2.42. The molecule has 4 heteroatoms. The zero-order valence-corrected chi connectivity index (χ0v) is 11.9. The Labute approximate surface area is 123 Å². The smallest absolute Gasteiger partial charge is 0.224 e. The highest BCUT2D eigenvalue weighted by atomic mass is 35.5. The van der Waals surface area contributed by atoms with Crippen LogP contribution in [0.15, 0.2) is 42.5 Å². The van der Waals surface area contributed by atoms with Gasteiger partial charge in [0.15, 0.2) is 0 Å². The predicted molar refractivity (Wildman–Crippen MR) is 81.2 cm³/mol. The summed E-state index contributed by atoms with van der Waals surface area (Å²) in [5, 5.41) is 13.1. The maximum Gasteiger partial charge on any atom is 0.224 e. The summed E-state index contributed by atoms with van der Waals surface area (Å²) >= 11 is 6.01. The number of phenolic OH excluding ortho intramolecular Hbond substituents is 1. The van der Waals surface area contributed by atoms with E-state index in [1.807, 2.05) is 31.2 Å². The molecule has 0 aromatic heterocycles. The number of amides is 1. The Bertz CT molecular complexity index is 626. The minimum Gasteiger partial charge on any atom is -0.508 e. The van der Waals surface area contributed by atoms with E-state index >= 15 is 0 Å². The van der Waals surface area contributed by atoms with Crippen LogP contribution in [-0.4, -0.2) is 11.0 Å². The van der Waals surface area contributed by atoms with Crippen LogP contribution in [0, 0.1) is 6.92 Å². The zero-order chi connectivity index (χ0) is 14.5. The second kappa shape index (κ2) is 6.44. The van der Waals surface area contributed by atoms with Gasteiger partial charge in [-0.15, -0.1) is 0 Å². The van der Waals surface area contributed by atoms with Crippen LogP contribution in [-0.2, 0) is 11.2 Å². The minimum absolute atomic E-state index is 0.104. The third kappa shape index (κ3) is 3.75. The van der Waals surface area contributed by atoms with Crippen LogP contribution in [0.4, 0.5) is 5.69 Å². The Kier molecular flexibility index (Phi) is 4.64. The lowest BCUT2D eigenvalue weighted by atomic mass is 10.1. The van der Waals surface area contributed by atoms with Gasteiger partial charge >= 0.3 is 0 Å². The van der Waals surface area contributed by atoms with Crippen LogP contribution < -0.4 is 5.32 Å². The van der Waals surface area contributed by atoms with Gasteiger partial charge < -0.3 is 10.4 Å². The lowest BCUT2D eigenvalue weighted by molar-refractivity contribution is -0.116. The van der Waals surface area contributed by atoms with Crippen molar-refractivity contribution in [1.29, 1.82) is 0 Å². The van der Waals surface area contributed by atoms with Crippen LogP contribution in [0.5, 0.6) is 5.75 Å². The maximum atomic E-state index is 11.9. The molecule has 2 aromatic carbocycles. The molecule has 0 fully saturated rings. The number of carbonyl (C=O) groups excluding carboxylic acids is 1. The summed E-state index contributed by atoms with van der Waals surface area (Å²) in [7, 11) is 0. The highest BCUT2D eigenvalue weighted by Gasteiger charge is 2.06. The summed E-state index contributed by atoms with van der Waals surface area (Å²) in [4.78, 5) is 11.9. The monoisotopic (exact) mass is 289 g/mol. The first-order valence-electron chi connectivity index (χ1n) is 6.39. The molecule has 0 radical (unpaired) electrons. The van der Waals surface area contributed by atoms with E-state index in [-0.39, 0.29) is 11.7 Å². The van der Waals surface area contributed by atoms with Gasteiger partial charge in [0, 0.05) is 17.1 Å². The average Bonchev–Trinajstić information content (AvgIpc) is 2.42. The summed E-state index contributed by atoms with van der Waals surface area (Å²) in [6.07, 6.45) is 0.807. The average molecular weight is 290 g/mol. The van der Waals surface area contributed by atoms with E-state index in [9.17, 15) is 9.90 Å². The van der Waals surface area contributed by atoms with E-state index < -0.39 is 0 Å². The minimum atomic E-state index is -0.104. The molecule has 1 amide bonds. The Balaban J connectivity index is 1.93. The van der Waals surface area contributed by atoms with Crippen molar-refractivity contribution < 1.29 is 9.90 Å². The lowest BCUT2D eigenvalue weighted by Crippen LogP contribution is -2.12. The van der Waals surface area contributed by atoms with Crippen LogP contribution in [0.1, 0.15) is 17.5 Å². The summed E-state index contributed by atoms with van der Waals surface area (Å²) in [5.74, 6) is 0.117. The molecule has 2 aromatic rings. The Morgan fingerprint density at radius 1 is 1.25 bits per heavy atom. The van der Waals surface area contributed by atoms with Crippen molar-refractivity contribution in [2.75, 3.05) is 5.32 Å². The number of benzene rings is 2. The van der Waals surface area contributed by atoms with E-state index in [0.717, 1.165) is 11.1 Å². The molecule has 0 aliphatic rings. The quantitative estimate of drug-likeness (QED) is 0.896. The molecule has 2 rings (SSSR count). The van der Waals surface area contributed by atoms with Crippen molar-refractivity contribution in [2.45, 2.75) is 19.8 Å². The fraction of sp³-hybridized carbons (Fsp3) is 0.188. The zero-order valence-electron chi connectivity index (χ0n) is 11.2. The van der Waals surface area contributed by atoms with Gasteiger partial charge in [0.1, 0.15) is 5.75 Å². The molecule has 0 aliphatic carbocycles. The van der Waals surface area contributed by atoms with E-state index in [0.29, 0.717) is 23.6 Å². The third-order valence-corrected chi connectivity index (χ3v) is 3.48. The normalized spacial score (nSPS) is 10.3. The van der Waals surface area contributed by atoms with E-state index in [1.54, 1.807) is 18.2 Å². The fourth-order valence-corrected chi connectivity index (χ4v) is 2.05. The van der Waals surface area contributed by atoms with Gasteiger partial charge in [-0.2, -0.15) is 0 Å². The molecule has 0 heterocycles. The number of halogens is 1. The molecule has 0 aliphatic heterocycles. The number of carbonyl (C=O) groups is 1. The Morgan fingerprint density at radius 3 is 2.70 bits per heavy atom. The number of phenols is 1. The van der Waals surface area contributed by atoms with Crippen LogP contribution in [0.25, 0.3) is 0 Å². The molecule has 0 saturated heterocycles. The fourth-order valence-electron chi connectivity index (χ4n) is 1.86. The second-order valence-corrected chi connectivity index (χ2v) is 5.05. The predicted octanol–water partition coefficient (Wildman–Crippen LogP) is 3.93. The molecular weight excluding hydrogens is 274 g/mol. The van der Waals surface area contributed by atoms with E-state index in [1.165, 1.54) is 0 Å². The van der Waals surface area contributed by atoms with Gasteiger partial charge in [0.2, 0.25) is 5.91 Å². The maximum absolute atomic E-state index is 11.9. The number of hydrogen-bond acceptors (Lipinski definition) is 2. The topological polar surface area (TPSA) is 49.3 Å². The number of para-hydroxylation sites is 1. The molecule has 0 atom stereocenters. The van der Waals surface area contributed by atoms with E-state index in [4.69, 9.17) is 11.6 Å². The highest BCUT2D eigenvalue weighted by molar-refractivity contribution is 6.31. The number of hydrogen-bond donors (Lipinski definition) is 2. The lowest BCUT2D eigenvalue weighted by Gasteiger charge is -2.07. The Morgan fingerprint density at radius 2 is 2.00 bits per heavy atom. The molecule has 0 spiro atoms. The third-order valence-electron chi connectivity index (χ3n) is 3.07. The van der Waals surface area contributed by atoms with Crippen molar-refractivity contribution in [3.8, 4) is 5.75 Å². The largest absolute Gasteiger partial charge is 0.508 e. The van der Waals surface area contributed by atoms with Crippen molar-refractivity contribution in [1.82, 2.24) is 0 Å². The number of anilines is 1. The summed E-state index contributed by atoms with van der Waals surface area (Å²) in [6.45, 7) is 1.91. The highest BCUT2D eigenvalue weighted by Crippen LogP contribution is 2.21. The number of rotatable bonds is 4. The molecule has 0 unspecified atom stereocenters. The first-order chi connectivity index (χ1) is 9.56. The van der Waals surface area contributed by atoms with Crippen LogP contribution in [0.3, 0.4) is 0 Å². The van der Waals surface area contributed by atoms with Crippen molar-refractivity contribution in [2.24, 2.45) is 0 Å². The molecular formula is C16H16ClNO2. The molecule has 2 N–H and O–H groups in total. The van der Waals surface area contributed by atoms with Gasteiger partial charge in [-0.3, -0.25) is 4.79 Å².